The first-order valence-corrected chi connectivity index (χ1v) is 21.8. The van der Waals surface area contributed by atoms with Gasteiger partial charge in [0, 0.05) is 6.92 Å². The van der Waals surface area contributed by atoms with Crippen LogP contribution in [0.15, 0.2) is 0 Å². The third-order valence-corrected chi connectivity index (χ3v) is 12.8. The molecule has 6 fully saturated rings. The largest absolute Gasteiger partial charge is 0.394 e. The minimum Gasteiger partial charge on any atom is -0.394 e. The molecule has 0 spiro atoms. The average Bonchev–Trinajstić information content (AvgIpc) is 3.31. The number of carbonyl (C=O) groups excluding carboxylic acids is 1. The predicted octanol–water partition coefficient (Wildman–Crippen LogP) is -11.9. The zero-order chi connectivity index (χ0) is 50.2. The third-order valence-electron chi connectivity index (χ3n) is 12.8. The Labute approximate surface area is 386 Å². The normalized spacial score (nSPS) is 52.6. The molecule has 30 nitrogen and oxygen atoms in total. The van der Waals surface area contributed by atoms with Gasteiger partial charge in [-0.05, 0) is 13.8 Å². The molecule has 30 atom stereocenters. The van der Waals surface area contributed by atoms with E-state index in [9.17, 15) is 91.6 Å². The van der Waals surface area contributed by atoms with Crippen molar-refractivity contribution in [3.63, 3.8) is 0 Å². The fourth-order valence-electron chi connectivity index (χ4n) is 8.78. The van der Waals surface area contributed by atoms with Crippen LogP contribution in [0.4, 0.5) is 0 Å². The number of nitrogens with one attached hydrogen (secondary N) is 1. The molecule has 6 aliphatic rings. The Hall–Kier alpha value is -1.65. The van der Waals surface area contributed by atoms with Gasteiger partial charge < -0.3 is 144 Å². The van der Waals surface area contributed by atoms with E-state index in [4.69, 9.17) is 52.1 Å². The van der Waals surface area contributed by atoms with Crippen LogP contribution in [0.5, 0.6) is 0 Å². The highest BCUT2D eigenvalue weighted by Gasteiger charge is 2.59. The van der Waals surface area contributed by atoms with Crippen LogP contribution < -0.4 is 5.32 Å². The van der Waals surface area contributed by atoms with Crippen molar-refractivity contribution in [3.05, 3.63) is 0 Å². The van der Waals surface area contributed by atoms with E-state index in [-0.39, 0.29) is 0 Å². The standard InChI is InChI=1S/C38H65NO29/c1-8-16(45)20(49)25(54)35(58-8)65-29-14(7-43)63-34(67-31-19(48)12(5-41)61-37(27(31)56)64-28-13(6-42)60-33(57)24(53)23(28)52)15(39-10(3)44)30(29)66-38-32(22(51)18(47)11(4-40)62-38)68-36-26(55)21(50)17(46)9(2)59-36/h8-9,11-38,40-43,45-57H,4-7H2,1-3H3,(H,39,44)/t8-,9-,11+,12+,13+,14+,15+,16+,17+,18-,19-,20+,21+,22-,23+,24-,25-,26-,27+,28+,29+,30+,31-,32+,33-,34-,35-,36-,37-,38-/m0/s1. The molecule has 0 bridgehead atoms. The van der Waals surface area contributed by atoms with Crippen molar-refractivity contribution in [1.29, 1.82) is 0 Å². The zero-order valence-corrected chi connectivity index (χ0v) is 36.7. The summed E-state index contributed by atoms with van der Waals surface area (Å²) in [4.78, 5) is 13.1. The molecule has 0 unspecified atom stereocenters. The van der Waals surface area contributed by atoms with Crippen molar-refractivity contribution >= 4 is 5.91 Å². The Morgan fingerprint density at radius 1 is 0.382 bits per heavy atom. The Kier molecular flexibility index (Phi) is 19.2. The number of rotatable bonds is 15. The Morgan fingerprint density at radius 2 is 0.794 bits per heavy atom. The highest BCUT2D eigenvalue weighted by molar-refractivity contribution is 5.73. The first kappa shape index (κ1) is 55.7. The summed E-state index contributed by atoms with van der Waals surface area (Å²) in [5, 5.41) is 184. The van der Waals surface area contributed by atoms with Gasteiger partial charge >= 0.3 is 0 Å². The zero-order valence-electron chi connectivity index (χ0n) is 36.7. The smallest absolute Gasteiger partial charge is 0.217 e. The van der Waals surface area contributed by atoms with Gasteiger partial charge in [-0.2, -0.15) is 0 Å². The van der Waals surface area contributed by atoms with E-state index in [1.807, 2.05) is 0 Å². The lowest BCUT2D eigenvalue weighted by molar-refractivity contribution is -0.400. The molecule has 6 aliphatic heterocycles. The lowest BCUT2D eigenvalue weighted by atomic mass is 9.93. The molecule has 0 aliphatic carbocycles. The van der Waals surface area contributed by atoms with Gasteiger partial charge in [0.05, 0.1) is 38.6 Å². The molecule has 18 N–H and O–H groups in total. The molecule has 0 aromatic rings. The van der Waals surface area contributed by atoms with E-state index >= 15 is 0 Å². The van der Waals surface area contributed by atoms with E-state index in [0.29, 0.717) is 0 Å². The van der Waals surface area contributed by atoms with Crippen LogP contribution in [0.2, 0.25) is 0 Å². The minimum atomic E-state index is -2.19. The number of hydrogen-bond donors (Lipinski definition) is 18. The molecular weight excluding hydrogens is 934 g/mol. The summed E-state index contributed by atoms with van der Waals surface area (Å²) in [6.45, 7) is -0.357. The third kappa shape index (κ3) is 11.4. The maximum Gasteiger partial charge on any atom is 0.217 e. The van der Waals surface area contributed by atoms with Crippen LogP contribution >= 0.6 is 0 Å². The fourth-order valence-corrected chi connectivity index (χ4v) is 8.78. The molecule has 0 radical (unpaired) electrons. The second-order valence-corrected chi connectivity index (χ2v) is 17.5. The van der Waals surface area contributed by atoms with Gasteiger partial charge in [0.15, 0.2) is 37.7 Å². The van der Waals surface area contributed by atoms with E-state index in [1.165, 1.54) is 13.8 Å². The van der Waals surface area contributed by atoms with Gasteiger partial charge in [-0.15, -0.1) is 0 Å². The van der Waals surface area contributed by atoms with Crippen molar-refractivity contribution in [2.45, 2.75) is 205 Å². The van der Waals surface area contributed by atoms with E-state index in [0.717, 1.165) is 6.92 Å². The number of ether oxygens (including phenoxy) is 11. The fraction of sp³-hybridized carbons (Fsp3) is 0.974. The monoisotopic (exact) mass is 999 g/mol. The second kappa shape index (κ2) is 23.5. The second-order valence-electron chi connectivity index (χ2n) is 17.5. The van der Waals surface area contributed by atoms with E-state index in [2.05, 4.69) is 5.32 Å². The van der Waals surface area contributed by atoms with Crippen molar-refractivity contribution in [1.82, 2.24) is 5.32 Å². The predicted molar refractivity (Wildman–Crippen MR) is 208 cm³/mol. The van der Waals surface area contributed by atoms with Crippen LogP contribution in [-0.2, 0) is 56.9 Å². The highest BCUT2D eigenvalue weighted by atomic mass is 16.8. The maximum absolute atomic E-state index is 13.1. The molecule has 1 amide bonds. The van der Waals surface area contributed by atoms with Crippen molar-refractivity contribution in [2.75, 3.05) is 26.4 Å². The van der Waals surface area contributed by atoms with Crippen molar-refractivity contribution in [3.8, 4) is 0 Å². The van der Waals surface area contributed by atoms with Crippen LogP contribution in [-0.4, -0.2) is 303 Å². The highest BCUT2D eigenvalue weighted by Crippen LogP contribution is 2.38. The van der Waals surface area contributed by atoms with E-state index in [1.54, 1.807) is 0 Å². The topological polar surface area (TPSA) is 475 Å². The SMILES string of the molecule is CC(=O)N[C@H]1[C@H](O[C@H]2[C@@H](O)[C@@H](CO)O[C@@H](O[C@H]3[C@H](O)[C@H](O)[C@@H](O)O[C@@H]3CO)[C@@H]2O)O[C@H](CO)[C@@H](O[C@@H]2O[C@@H](C)[C@@H](O)[C@@H](O)[C@@H]2O)[C@@H]1O[C@@H]1O[C@H](CO)[C@H](O)[C@H](O)[C@H]1O[C@@H]1O[C@@H](C)[C@@H](O)[C@@H](O)[C@@H]1O. The average molecular weight is 1000 g/mol. The van der Waals surface area contributed by atoms with Gasteiger partial charge in [-0.1, -0.05) is 0 Å². The summed E-state index contributed by atoms with van der Waals surface area (Å²) in [7, 11) is 0. The number of hydrogen-bond acceptors (Lipinski definition) is 29. The lowest BCUT2D eigenvalue weighted by Gasteiger charge is -2.52. The molecule has 30 heteroatoms. The summed E-state index contributed by atoms with van der Waals surface area (Å²) < 4.78 is 63.9. The van der Waals surface area contributed by atoms with Crippen LogP contribution in [0.25, 0.3) is 0 Å². The minimum absolute atomic E-state index is 0.894. The van der Waals surface area contributed by atoms with Crippen LogP contribution in [0.1, 0.15) is 20.8 Å². The van der Waals surface area contributed by atoms with Gasteiger partial charge in [-0.25, -0.2) is 0 Å². The number of amides is 1. The van der Waals surface area contributed by atoms with Gasteiger partial charge in [0.2, 0.25) is 5.91 Å². The molecule has 68 heavy (non-hydrogen) atoms. The van der Waals surface area contributed by atoms with Gasteiger partial charge in [-0.3, -0.25) is 4.79 Å². The number of aliphatic hydroxyl groups excluding tert-OH is 17. The molecular formula is C38H65NO29. The quantitative estimate of drug-likeness (QED) is 0.0724. The van der Waals surface area contributed by atoms with Crippen molar-refractivity contribution in [2.24, 2.45) is 0 Å². The Morgan fingerprint density at radius 3 is 1.32 bits per heavy atom. The summed E-state index contributed by atoms with van der Waals surface area (Å²) in [5.41, 5.74) is 0. The Balaban J connectivity index is 1.39. The summed E-state index contributed by atoms with van der Waals surface area (Å²) in [5.74, 6) is -0.894. The van der Waals surface area contributed by atoms with E-state index < -0.39 is 217 Å². The molecule has 396 valence electrons. The van der Waals surface area contributed by atoms with Crippen LogP contribution in [0.3, 0.4) is 0 Å². The molecule has 6 heterocycles. The summed E-state index contributed by atoms with van der Waals surface area (Å²) >= 11 is 0. The maximum atomic E-state index is 13.1. The summed E-state index contributed by atoms with van der Waals surface area (Å²) in [6.07, 6.45) is -54.0. The molecule has 6 rings (SSSR count). The van der Waals surface area contributed by atoms with Gasteiger partial charge in [0.25, 0.3) is 0 Å². The van der Waals surface area contributed by atoms with Crippen molar-refractivity contribution < 1.29 is 144 Å². The summed E-state index contributed by atoms with van der Waals surface area (Å²) in [6, 6.07) is -1.86. The first-order valence-electron chi connectivity index (χ1n) is 21.8. The molecule has 0 saturated carbocycles. The number of carbonyl (C=O) groups is 1. The molecule has 6 saturated heterocycles. The molecule has 0 aromatic heterocycles. The lowest BCUT2D eigenvalue weighted by Crippen LogP contribution is -2.71. The van der Waals surface area contributed by atoms with Gasteiger partial charge in [0.1, 0.15) is 134 Å². The number of aliphatic hydroxyl groups is 17. The Bertz CT molecular complexity index is 1590. The first-order chi connectivity index (χ1) is 32.1. The van der Waals surface area contributed by atoms with Crippen LogP contribution in [0, 0.1) is 0 Å². The molecule has 0 aromatic carbocycles.